The normalized spacial score (nSPS) is 10.2. The van der Waals surface area contributed by atoms with Crippen molar-refractivity contribution in [3.8, 4) is 6.07 Å². The van der Waals surface area contributed by atoms with E-state index in [1.807, 2.05) is 0 Å². The lowest BCUT2D eigenvalue weighted by Gasteiger charge is -2.11. The van der Waals surface area contributed by atoms with Crippen LogP contribution < -0.4 is 0 Å². The third-order valence-corrected chi connectivity index (χ3v) is 2.67. The van der Waals surface area contributed by atoms with Crippen molar-refractivity contribution in [3.05, 3.63) is 28.6 Å². The van der Waals surface area contributed by atoms with Gasteiger partial charge in [0.15, 0.2) is 0 Å². The molecule has 1 heterocycles. The van der Waals surface area contributed by atoms with E-state index in [4.69, 9.17) is 10.00 Å². The van der Waals surface area contributed by atoms with Crippen LogP contribution in [0.15, 0.2) is 6.20 Å². The average molecular weight is 319 g/mol. The first-order valence-corrected chi connectivity index (χ1v) is 6.12. The van der Waals surface area contributed by atoms with E-state index >= 15 is 0 Å². The summed E-state index contributed by atoms with van der Waals surface area (Å²) >= 11 is 3.09. The maximum atomic E-state index is 12.7. The summed E-state index contributed by atoms with van der Waals surface area (Å²) in [7, 11) is 0. The Morgan fingerprint density at radius 3 is 2.78 bits per heavy atom. The predicted molar refractivity (Wildman–Crippen MR) is 62.5 cm³/mol. The molecule has 0 radical (unpaired) electrons. The van der Waals surface area contributed by atoms with Gasteiger partial charge in [0.1, 0.15) is 11.6 Å². The smallest absolute Gasteiger partial charge is 0.341 e. The van der Waals surface area contributed by atoms with Crippen molar-refractivity contribution < 1.29 is 18.3 Å². The summed E-state index contributed by atoms with van der Waals surface area (Å²) in [5.41, 5.74) is -0.943. The number of nitrogens with zero attached hydrogens (tertiary/aromatic N) is 2. The molecular weight excluding hydrogens is 310 g/mol. The highest BCUT2D eigenvalue weighted by atomic mass is 79.9. The van der Waals surface area contributed by atoms with Gasteiger partial charge in [0.05, 0.1) is 23.4 Å². The van der Waals surface area contributed by atoms with E-state index in [0.717, 1.165) is 6.20 Å². The molecule has 0 saturated carbocycles. The van der Waals surface area contributed by atoms with E-state index < -0.39 is 18.0 Å². The summed E-state index contributed by atoms with van der Waals surface area (Å²) in [6, 6.07) is 1.62. The first-order valence-electron chi connectivity index (χ1n) is 4.99. The van der Waals surface area contributed by atoms with Crippen LogP contribution in [0.1, 0.15) is 40.5 Å². The molecule has 1 rings (SSSR count). The molecule has 1 aromatic heterocycles. The van der Waals surface area contributed by atoms with Crippen molar-refractivity contribution >= 4 is 21.9 Å². The van der Waals surface area contributed by atoms with Crippen molar-refractivity contribution in [1.29, 1.82) is 5.26 Å². The minimum Gasteiger partial charge on any atom is -0.462 e. The first-order chi connectivity index (χ1) is 8.56. The highest BCUT2D eigenvalue weighted by molar-refractivity contribution is 9.08. The van der Waals surface area contributed by atoms with Gasteiger partial charge in [-0.1, -0.05) is 15.9 Å². The molecule has 0 aliphatic heterocycles. The van der Waals surface area contributed by atoms with E-state index in [9.17, 15) is 13.6 Å². The molecule has 0 unspecified atom stereocenters. The highest BCUT2D eigenvalue weighted by Gasteiger charge is 2.25. The molecule has 0 N–H and O–H groups in total. The van der Waals surface area contributed by atoms with Crippen LogP contribution in [0.5, 0.6) is 0 Å². The largest absolute Gasteiger partial charge is 0.462 e. The number of rotatable bonds is 4. The summed E-state index contributed by atoms with van der Waals surface area (Å²) in [6.45, 7) is 1.67. The number of ether oxygens (including phenoxy) is 1. The Balaban J connectivity index is 3.48. The molecule has 0 spiro atoms. The fourth-order valence-electron chi connectivity index (χ4n) is 1.38. The molecule has 18 heavy (non-hydrogen) atoms. The molecule has 0 aliphatic carbocycles. The molecule has 0 saturated heterocycles. The molecule has 0 bridgehead atoms. The van der Waals surface area contributed by atoms with E-state index in [1.165, 1.54) is 0 Å². The summed E-state index contributed by atoms with van der Waals surface area (Å²) in [6.07, 6.45) is -1.97. The topological polar surface area (TPSA) is 63.0 Å². The molecule has 0 amide bonds. The first kappa shape index (κ1) is 14.5. The number of pyridine rings is 1. The summed E-state index contributed by atoms with van der Waals surface area (Å²) in [5, 5.41) is 9.12. The molecule has 7 heteroatoms. The molecule has 0 fully saturated rings. The van der Waals surface area contributed by atoms with Gasteiger partial charge in [-0.15, -0.1) is 0 Å². The van der Waals surface area contributed by atoms with Crippen molar-refractivity contribution in [2.45, 2.75) is 18.7 Å². The Hall–Kier alpha value is -1.55. The van der Waals surface area contributed by atoms with Gasteiger partial charge in [-0.2, -0.15) is 5.26 Å². The van der Waals surface area contributed by atoms with Crippen molar-refractivity contribution in [3.63, 3.8) is 0 Å². The van der Waals surface area contributed by atoms with Gasteiger partial charge >= 0.3 is 5.97 Å². The van der Waals surface area contributed by atoms with Crippen LogP contribution in [0, 0.1) is 11.3 Å². The fraction of sp³-hybridized carbons (Fsp3) is 0.364. The van der Waals surface area contributed by atoms with Gasteiger partial charge in [0.2, 0.25) is 0 Å². The van der Waals surface area contributed by atoms with Crippen LogP contribution in [-0.4, -0.2) is 17.6 Å². The monoisotopic (exact) mass is 318 g/mol. The Morgan fingerprint density at radius 2 is 2.33 bits per heavy atom. The zero-order chi connectivity index (χ0) is 13.7. The molecular formula is C11H9BrF2N2O2. The van der Waals surface area contributed by atoms with E-state index in [-0.39, 0.29) is 28.8 Å². The van der Waals surface area contributed by atoms with Gasteiger partial charge in [-0.05, 0) is 6.92 Å². The lowest BCUT2D eigenvalue weighted by molar-refractivity contribution is 0.0524. The van der Waals surface area contributed by atoms with Crippen LogP contribution in [-0.2, 0) is 10.1 Å². The van der Waals surface area contributed by atoms with Crippen LogP contribution in [0.2, 0.25) is 0 Å². The number of aromatic nitrogens is 1. The SMILES string of the molecule is CCOC(=O)c1c(CBr)ncc(C(F)F)c1C#N. The predicted octanol–water partition coefficient (Wildman–Crippen LogP) is 2.96. The van der Waals surface area contributed by atoms with Gasteiger partial charge in [-0.3, -0.25) is 4.98 Å². The zero-order valence-corrected chi connectivity index (χ0v) is 11.0. The minimum atomic E-state index is -2.87. The minimum absolute atomic E-state index is 0.0876. The standard InChI is InChI=1S/C11H9BrF2N2O2/c1-2-18-11(17)9-6(4-15)7(10(13)14)5-16-8(9)3-12/h5,10H,2-3H2,1H3. The van der Waals surface area contributed by atoms with Crippen molar-refractivity contribution in [1.82, 2.24) is 4.98 Å². The van der Waals surface area contributed by atoms with Gasteiger partial charge in [0, 0.05) is 11.5 Å². The van der Waals surface area contributed by atoms with Crippen molar-refractivity contribution in [2.24, 2.45) is 0 Å². The molecule has 0 aromatic carbocycles. The number of carbonyl (C=O) groups excluding carboxylic acids is 1. The summed E-state index contributed by atoms with van der Waals surface area (Å²) in [5.74, 6) is -0.821. The quantitative estimate of drug-likeness (QED) is 0.632. The lowest BCUT2D eigenvalue weighted by Crippen LogP contribution is -2.13. The molecule has 1 aromatic rings. The molecule has 96 valence electrons. The van der Waals surface area contributed by atoms with Crippen LogP contribution in [0.3, 0.4) is 0 Å². The number of esters is 1. The second-order valence-corrected chi connectivity index (χ2v) is 3.74. The fourth-order valence-corrected chi connectivity index (χ4v) is 1.80. The Morgan fingerprint density at radius 1 is 1.67 bits per heavy atom. The highest BCUT2D eigenvalue weighted by Crippen LogP contribution is 2.27. The Labute approximate surface area is 111 Å². The third-order valence-electron chi connectivity index (χ3n) is 2.14. The lowest BCUT2D eigenvalue weighted by atomic mass is 10.0. The summed E-state index contributed by atoms with van der Waals surface area (Å²) < 4.78 is 30.2. The van der Waals surface area contributed by atoms with Gasteiger partial charge in [0.25, 0.3) is 6.43 Å². The number of alkyl halides is 3. The number of carbonyl (C=O) groups is 1. The van der Waals surface area contributed by atoms with E-state index in [2.05, 4.69) is 20.9 Å². The number of hydrogen-bond acceptors (Lipinski definition) is 4. The Kier molecular flexibility index (Phi) is 5.16. The summed E-state index contributed by atoms with van der Waals surface area (Å²) in [4.78, 5) is 15.5. The van der Waals surface area contributed by atoms with Crippen LogP contribution in [0.4, 0.5) is 8.78 Å². The number of hydrogen-bond donors (Lipinski definition) is 0. The molecule has 0 aliphatic rings. The number of halogens is 3. The van der Waals surface area contributed by atoms with Crippen LogP contribution in [0.25, 0.3) is 0 Å². The third kappa shape index (κ3) is 2.82. The second kappa shape index (κ2) is 6.40. The van der Waals surface area contributed by atoms with E-state index in [0.29, 0.717) is 0 Å². The van der Waals surface area contributed by atoms with Crippen LogP contribution >= 0.6 is 15.9 Å². The van der Waals surface area contributed by atoms with Gasteiger partial charge < -0.3 is 4.74 Å². The number of nitriles is 1. The zero-order valence-electron chi connectivity index (χ0n) is 9.41. The van der Waals surface area contributed by atoms with Gasteiger partial charge in [-0.25, -0.2) is 13.6 Å². The van der Waals surface area contributed by atoms with E-state index in [1.54, 1.807) is 13.0 Å². The molecule has 0 atom stereocenters. The molecule has 4 nitrogen and oxygen atoms in total. The second-order valence-electron chi connectivity index (χ2n) is 3.18. The maximum absolute atomic E-state index is 12.7. The maximum Gasteiger partial charge on any atom is 0.341 e. The van der Waals surface area contributed by atoms with Crippen molar-refractivity contribution in [2.75, 3.05) is 6.61 Å². The Bertz CT molecular complexity index is 501. The average Bonchev–Trinajstić information content (AvgIpc) is 2.36.